The average molecular weight is 396 g/mol. The van der Waals surface area contributed by atoms with E-state index in [9.17, 15) is 19.2 Å². The average Bonchev–Trinajstić information content (AvgIpc) is 2.98. The minimum absolute atomic E-state index is 0.241. The number of carbonyl (C=O) groups is 4. The van der Waals surface area contributed by atoms with Gasteiger partial charge < -0.3 is 14.8 Å². The molecule has 3 amide bonds. The highest BCUT2D eigenvalue weighted by molar-refractivity contribution is 6.22. The molecule has 0 bridgehead atoms. The van der Waals surface area contributed by atoms with E-state index >= 15 is 0 Å². The van der Waals surface area contributed by atoms with Gasteiger partial charge in [0, 0.05) is 5.69 Å². The predicted octanol–water partition coefficient (Wildman–Crippen LogP) is 2.25. The van der Waals surface area contributed by atoms with Gasteiger partial charge in [-0.05, 0) is 50.2 Å². The van der Waals surface area contributed by atoms with Crippen LogP contribution in [0.4, 0.5) is 5.69 Å². The highest BCUT2D eigenvalue weighted by Gasteiger charge is 2.41. The van der Waals surface area contributed by atoms with Crippen LogP contribution in [0.5, 0.6) is 5.75 Å². The molecule has 1 aliphatic rings. The number of nitrogens with one attached hydrogen (secondary N) is 1. The molecular weight excluding hydrogens is 376 g/mol. The number of hydrogen-bond donors (Lipinski definition) is 1. The number of esters is 1. The van der Waals surface area contributed by atoms with Gasteiger partial charge in [-0.25, -0.2) is 4.79 Å². The summed E-state index contributed by atoms with van der Waals surface area (Å²) >= 11 is 0. The van der Waals surface area contributed by atoms with Crippen molar-refractivity contribution in [2.75, 3.05) is 18.5 Å². The molecule has 0 radical (unpaired) electrons. The molecule has 0 saturated heterocycles. The van der Waals surface area contributed by atoms with Crippen molar-refractivity contribution in [1.82, 2.24) is 4.90 Å². The first-order valence-corrected chi connectivity index (χ1v) is 9.08. The number of nitrogens with zero attached hydrogens (tertiary/aromatic N) is 1. The summed E-state index contributed by atoms with van der Waals surface area (Å²) in [6.45, 7) is 3.24. The zero-order valence-electron chi connectivity index (χ0n) is 16.0. The van der Waals surface area contributed by atoms with Crippen molar-refractivity contribution in [3.63, 3.8) is 0 Å². The molecule has 0 aromatic heterocycles. The number of ether oxygens (including phenoxy) is 2. The van der Waals surface area contributed by atoms with Crippen molar-refractivity contribution in [3.05, 3.63) is 59.7 Å². The standard InChI is InChI=1S/C21H20N2O6/c1-3-28-15-10-8-14(9-11-15)22-18(24)12-29-21(27)13(2)23-19(25)16-6-4-5-7-17(16)20(23)26/h4-11,13H,3,12H2,1-2H3,(H,22,24)/t13-/m0/s1. The van der Waals surface area contributed by atoms with Crippen LogP contribution in [-0.2, 0) is 14.3 Å². The number of benzene rings is 2. The zero-order valence-corrected chi connectivity index (χ0v) is 16.0. The molecule has 8 heteroatoms. The van der Waals surface area contributed by atoms with Gasteiger partial charge in [-0.2, -0.15) is 0 Å². The van der Waals surface area contributed by atoms with Crippen molar-refractivity contribution < 1.29 is 28.7 Å². The van der Waals surface area contributed by atoms with E-state index in [4.69, 9.17) is 9.47 Å². The van der Waals surface area contributed by atoms with Gasteiger partial charge in [-0.15, -0.1) is 0 Å². The highest BCUT2D eigenvalue weighted by Crippen LogP contribution is 2.24. The summed E-state index contributed by atoms with van der Waals surface area (Å²) in [4.78, 5) is 50.0. The number of anilines is 1. The molecule has 1 heterocycles. The maximum atomic E-state index is 12.4. The Bertz CT molecular complexity index is 919. The Balaban J connectivity index is 1.54. The van der Waals surface area contributed by atoms with Crippen molar-refractivity contribution >= 4 is 29.4 Å². The predicted molar refractivity (Wildman–Crippen MR) is 104 cm³/mol. The second kappa shape index (κ2) is 8.55. The van der Waals surface area contributed by atoms with E-state index in [0.29, 0.717) is 18.0 Å². The Kier molecular flexibility index (Phi) is 5.92. The Morgan fingerprint density at radius 3 is 2.14 bits per heavy atom. The molecule has 0 spiro atoms. The molecular formula is C21H20N2O6. The van der Waals surface area contributed by atoms with E-state index in [-0.39, 0.29) is 11.1 Å². The van der Waals surface area contributed by atoms with Crippen molar-refractivity contribution in [2.24, 2.45) is 0 Å². The van der Waals surface area contributed by atoms with Gasteiger partial charge in [0.15, 0.2) is 6.61 Å². The molecule has 1 N–H and O–H groups in total. The smallest absolute Gasteiger partial charge is 0.329 e. The number of hydrogen-bond acceptors (Lipinski definition) is 6. The SMILES string of the molecule is CCOc1ccc(NC(=O)COC(=O)[C@H](C)N2C(=O)c3ccccc3C2=O)cc1. The third-order valence-corrected chi connectivity index (χ3v) is 4.35. The van der Waals surface area contributed by atoms with Gasteiger partial charge in [0.2, 0.25) is 0 Å². The van der Waals surface area contributed by atoms with Crippen LogP contribution >= 0.6 is 0 Å². The molecule has 0 saturated carbocycles. The minimum atomic E-state index is -1.15. The molecule has 0 aliphatic carbocycles. The Hall–Kier alpha value is -3.68. The Morgan fingerprint density at radius 2 is 1.59 bits per heavy atom. The number of imide groups is 1. The van der Waals surface area contributed by atoms with Crippen LogP contribution in [0.3, 0.4) is 0 Å². The lowest BCUT2D eigenvalue weighted by molar-refractivity contribution is -0.150. The summed E-state index contributed by atoms with van der Waals surface area (Å²) in [7, 11) is 0. The fourth-order valence-electron chi connectivity index (χ4n) is 2.92. The van der Waals surface area contributed by atoms with Gasteiger partial charge in [0.25, 0.3) is 17.7 Å². The molecule has 1 atom stereocenters. The first-order valence-electron chi connectivity index (χ1n) is 9.08. The first-order chi connectivity index (χ1) is 13.9. The molecule has 0 fully saturated rings. The van der Waals surface area contributed by atoms with Crippen LogP contribution in [0.15, 0.2) is 48.5 Å². The fourth-order valence-corrected chi connectivity index (χ4v) is 2.92. The number of amides is 3. The molecule has 0 unspecified atom stereocenters. The van der Waals surface area contributed by atoms with E-state index < -0.39 is 36.3 Å². The maximum absolute atomic E-state index is 12.4. The van der Waals surface area contributed by atoms with Crippen molar-refractivity contribution in [3.8, 4) is 5.75 Å². The highest BCUT2D eigenvalue weighted by atomic mass is 16.5. The van der Waals surface area contributed by atoms with Crippen molar-refractivity contribution in [2.45, 2.75) is 19.9 Å². The lowest BCUT2D eigenvalue weighted by Gasteiger charge is -2.20. The lowest BCUT2D eigenvalue weighted by Crippen LogP contribution is -2.44. The topological polar surface area (TPSA) is 102 Å². The van der Waals surface area contributed by atoms with Gasteiger partial charge in [-0.3, -0.25) is 19.3 Å². The summed E-state index contributed by atoms with van der Waals surface area (Å²) < 4.78 is 10.3. The quantitative estimate of drug-likeness (QED) is 0.569. The number of carbonyl (C=O) groups excluding carboxylic acids is 4. The molecule has 150 valence electrons. The number of fused-ring (bicyclic) bond motifs is 1. The summed E-state index contributed by atoms with van der Waals surface area (Å²) in [6.07, 6.45) is 0. The van der Waals surface area contributed by atoms with Gasteiger partial charge in [0.05, 0.1) is 17.7 Å². The summed E-state index contributed by atoms with van der Waals surface area (Å²) in [5.41, 5.74) is 0.999. The summed E-state index contributed by atoms with van der Waals surface area (Å²) in [5.74, 6) is -1.84. The van der Waals surface area contributed by atoms with E-state index in [2.05, 4.69) is 5.32 Å². The maximum Gasteiger partial charge on any atom is 0.329 e. The van der Waals surface area contributed by atoms with E-state index in [1.807, 2.05) is 6.92 Å². The molecule has 1 aliphatic heterocycles. The van der Waals surface area contributed by atoms with Gasteiger partial charge >= 0.3 is 5.97 Å². The van der Waals surface area contributed by atoms with Crippen LogP contribution < -0.4 is 10.1 Å². The first kappa shape index (κ1) is 20.1. The Morgan fingerprint density at radius 1 is 1.00 bits per heavy atom. The Labute approximate surface area is 167 Å². The second-order valence-corrected chi connectivity index (χ2v) is 6.32. The third kappa shape index (κ3) is 4.26. The van der Waals surface area contributed by atoms with Gasteiger partial charge in [-0.1, -0.05) is 12.1 Å². The minimum Gasteiger partial charge on any atom is -0.494 e. The normalized spacial score (nSPS) is 13.7. The fraction of sp³-hybridized carbons (Fsp3) is 0.238. The summed E-state index contributed by atoms with van der Waals surface area (Å²) in [6, 6.07) is 11.9. The molecule has 29 heavy (non-hydrogen) atoms. The second-order valence-electron chi connectivity index (χ2n) is 6.32. The molecule has 2 aromatic carbocycles. The van der Waals surface area contributed by atoms with Crippen LogP contribution in [0, 0.1) is 0 Å². The zero-order chi connectivity index (χ0) is 21.0. The molecule has 8 nitrogen and oxygen atoms in total. The van der Waals surface area contributed by atoms with E-state index in [1.54, 1.807) is 36.4 Å². The van der Waals surface area contributed by atoms with E-state index in [1.165, 1.54) is 19.1 Å². The van der Waals surface area contributed by atoms with Gasteiger partial charge in [0.1, 0.15) is 11.8 Å². The van der Waals surface area contributed by atoms with Crippen LogP contribution in [0.1, 0.15) is 34.6 Å². The third-order valence-electron chi connectivity index (χ3n) is 4.35. The van der Waals surface area contributed by atoms with Crippen LogP contribution in [0.25, 0.3) is 0 Å². The largest absolute Gasteiger partial charge is 0.494 e. The molecule has 3 rings (SSSR count). The molecule has 2 aromatic rings. The van der Waals surface area contributed by atoms with Crippen LogP contribution in [-0.4, -0.2) is 47.8 Å². The van der Waals surface area contributed by atoms with E-state index in [0.717, 1.165) is 4.90 Å². The number of rotatable bonds is 7. The lowest BCUT2D eigenvalue weighted by atomic mass is 10.1. The van der Waals surface area contributed by atoms with Crippen molar-refractivity contribution in [1.29, 1.82) is 0 Å². The van der Waals surface area contributed by atoms with Crippen LogP contribution in [0.2, 0.25) is 0 Å². The summed E-state index contributed by atoms with van der Waals surface area (Å²) in [5, 5.41) is 2.59. The monoisotopic (exact) mass is 396 g/mol.